The maximum atomic E-state index is 5.91. The molecule has 28 heavy (non-hydrogen) atoms. The molecule has 4 nitrogen and oxygen atoms in total. The van der Waals surface area contributed by atoms with E-state index in [4.69, 9.17) is 4.74 Å². The Kier molecular flexibility index (Phi) is 10.6. The van der Waals surface area contributed by atoms with Crippen molar-refractivity contribution in [3.05, 3.63) is 59.9 Å². The quantitative estimate of drug-likeness (QED) is 0.603. The average molecular weight is 384 g/mol. The Morgan fingerprint density at radius 2 is 1.68 bits per heavy atom. The molecule has 1 aliphatic heterocycles. The van der Waals surface area contributed by atoms with Crippen LogP contribution in [-0.2, 0) is 6.54 Å². The van der Waals surface area contributed by atoms with Crippen LogP contribution in [0.1, 0.15) is 63.6 Å². The van der Waals surface area contributed by atoms with Crippen molar-refractivity contribution in [1.29, 1.82) is 0 Å². The van der Waals surface area contributed by atoms with E-state index in [2.05, 4.69) is 46.4 Å². The lowest BCUT2D eigenvalue weighted by Crippen LogP contribution is -2.31. The van der Waals surface area contributed by atoms with Gasteiger partial charge >= 0.3 is 0 Å². The van der Waals surface area contributed by atoms with Crippen LogP contribution in [0.2, 0.25) is 0 Å². The lowest BCUT2D eigenvalue weighted by molar-refractivity contribution is 0.205. The van der Waals surface area contributed by atoms with Gasteiger partial charge in [0.25, 0.3) is 0 Å². The molecule has 0 spiro atoms. The number of hydrogen-bond donors (Lipinski definition) is 1. The maximum absolute atomic E-state index is 5.91. The Balaban J connectivity index is 0.00000136. The first-order chi connectivity index (χ1) is 13.8. The van der Waals surface area contributed by atoms with Crippen molar-refractivity contribution in [2.75, 3.05) is 26.2 Å². The van der Waals surface area contributed by atoms with Gasteiger partial charge in [-0.2, -0.15) is 0 Å². The molecule has 1 fully saturated rings. The normalized spacial score (nSPS) is 15.4. The number of pyridine rings is 1. The second kappa shape index (κ2) is 13.3. The second-order valence-electron chi connectivity index (χ2n) is 7.13. The first-order valence-electron chi connectivity index (χ1n) is 10.9. The SMILES string of the molecule is CC.CC(NCc1ccncc1)c1ccc(OCCCN2CCCCC2)cc1. The van der Waals surface area contributed by atoms with E-state index in [-0.39, 0.29) is 0 Å². The lowest BCUT2D eigenvalue weighted by Gasteiger charge is -2.26. The van der Waals surface area contributed by atoms with Crippen LogP contribution >= 0.6 is 0 Å². The molecule has 0 radical (unpaired) electrons. The smallest absolute Gasteiger partial charge is 0.119 e. The summed E-state index contributed by atoms with van der Waals surface area (Å²) in [5.41, 5.74) is 2.53. The molecule has 1 aromatic heterocycles. The van der Waals surface area contributed by atoms with Crippen molar-refractivity contribution in [1.82, 2.24) is 15.2 Å². The van der Waals surface area contributed by atoms with Gasteiger partial charge < -0.3 is 15.0 Å². The highest BCUT2D eigenvalue weighted by atomic mass is 16.5. The standard InChI is InChI=1S/C22H31N3O.C2H6/c1-19(24-18-20-10-12-23-13-11-20)21-6-8-22(9-7-21)26-17-5-16-25-14-3-2-4-15-25;1-2/h6-13,19,24H,2-5,14-18H2,1H3;1-2H3. The number of hydrogen-bond acceptors (Lipinski definition) is 4. The van der Waals surface area contributed by atoms with Crippen LogP contribution < -0.4 is 10.1 Å². The van der Waals surface area contributed by atoms with Crippen LogP contribution in [0.5, 0.6) is 5.75 Å². The van der Waals surface area contributed by atoms with Crippen molar-refractivity contribution >= 4 is 0 Å². The van der Waals surface area contributed by atoms with Crippen LogP contribution in [0, 0.1) is 0 Å². The van der Waals surface area contributed by atoms with Crippen LogP contribution in [0.25, 0.3) is 0 Å². The average Bonchev–Trinajstić information content (AvgIpc) is 2.78. The van der Waals surface area contributed by atoms with Crippen molar-refractivity contribution in [2.24, 2.45) is 0 Å². The van der Waals surface area contributed by atoms with Gasteiger partial charge in [0.15, 0.2) is 0 Å². The van der Waals surface area contributed by atoms with Crippen molar-refractivity contribution in [3.8, 4) is 5.75 Å². The van der Waals surface area contributed by atoms with Crippen LogP contribution in [0.15, 0.2) is 48.8 Å². The molecule has 154 valence electrons. The zero-order valence-corrected chi connectivity index (χ0v) is 17.9. The molecule has 2 aromatic rings. The molecule has 0 saturated carbocycles. The Morgan fingerprint density at radius 1 is 1.00 bits per heavy atom. The highest BCUT2D eigenvalue weighted by Crippen LogP contribution is 2.18. The van der Waals surface area contributed by atoms with Crippen LogP contribution in [-0.4, -0.2) is 36.1 Å². The van der Waals surface area contributed by atoms with E-state index in [1.807, 2.05) is 38.4 Å². The Morgan fingerprint density at radius 3 is 2.36 bits per heavy atom. The predicted molar refractivity (Wildman–Crippen MR) is 118 cm³/mol. The minimum absolute atomic E-state index is 0.302. The highest BCUT2D eigenvalue weighted by Gasteiger charge is 2.09. The first kappa shape index (κ1) is 22.4. The zero-order valence-electron chi connectivity index (χ0n) is 17.9. The summed E-state index contributed by atoms with van der Waals surface area (Å²) >= 11 is 0. The molecule has 2 heterocycles. The molecule has 1 atom stereocenters. The van der Waals surface area contributed by atoms with Crippen molar-refractivity contribution in [2.45, 2.75) is 59.0 Å². The van der Waals surface area contributed by atoms with E-state index in [0.29, 0.717) is 6.04 Å². The molecule has 1 unspecified atom stereocenters. The summed E-state index contributed by atoms with van der Waals surface area (Å²) in [5.74, 6) is 0.966. The summed E-state index contributed by atoms with van der Waals surface area (Å²) in [6.45, 7) is 11.5. The Labute approximate surface area is 171 Å². The fourth-order valence-corrected chi connectivity index (χ4v) is 3.40. The molecular formula is C24H37N3O. The lowest BCUT2D eigenvalue weighted by atomic mass is 10.1. The summed E-state index contributed by atoms with van der Waals surface area (Å²) in [5, 5.41) is 3.55. The molecule has 1 N–H and O–H groups in total. The molecule has 0 bridgehead atoms. The topological polar surface area (TPSA) is 37.4 Å². The fraction of sp³-hybridized carbons (Fsp3) is 0.542. The number of ether oxygens (including phenoxy) is 1. The third-order valence-corrected chi connectivity index (χ3v) is 5.08. The fourth-order valence-electron chi connectivity index (χ4n) is 3.40. The minimum Gasteiger partial charge on any atom is -0.494 e. The van der Waals surface area contributed by atoms with Gasteiger partial charge in [0, 0.05) is 31.5 Å². The first-order valence-corrected chi connectivity index (χ1v) is 10.9. The molecule has 4 heteroatoms. The Bertz CT molecular complexity index is 624. The van der Waals surface area contributed by atoms with Gasteiger partial charge in [-0.15, -0.1) is 0 Å². The molecule has 1 aliphatic rings. The van der Waals surface area contributed by atoms with Gasteiger partial charge in [-0.25, -0.2) is 0 Å². The summed E-state index contributed by atoms with van der Waals surface area (Å²) in [7, 11) is 0. The van der Waals surface area contributed by atoms with E-state index in [0.717, 1.165) is 31.9 Å². The molecule has 0 aliphatic carbocycles. The van der Waals surface area contributed by atoms with Gasteiger partial charge in [-0.1, -0.05) is 32.4 Å². The van der Waals surface area contributed by atoms with Gasteiger partial charge in [-0.3, -0.25) is 4.98 Å². The van der Waals surface area contributed by atoms with E-state index in [9.17, 15) is 0 Å². The number of nitrogens with zero attached hydrogens (tertiary/aromatic N) is 2. The number of aromatic nitrogens is 1. The number of piperidine rings is 1. The molecule has 1 aromatic carbocycles. The van der Waals surface area contributed by atoms with Crippen molar-refractivity contribution in [3.63, 3.8) is 0 Å². The van der Waals surface area contributed by atoms with Gasteiger partial charge in [0.1, 0.15) is 5.75 Å². The van der Waals surface area contributed by atoms with Crippen LogP contribution in [0.3, 0.4) is 0 Å². The summed E-state index contributed by atoms with van der Waals surface area (Å²) in [6, 6.07) is 12.9. The number of nitrogens with one attached hydrogen (secondary N) is 1. The molecule has 3 rings (SSSR count). The maximum Gasteiger partial charge on any atom is 0.119 e. The third kappa shape index (κ3) is 7.99. The molecule has 0 amide bonds. The number of benzene rings is 1. The molecular weight excluding hydrogens is 346 g/mol. The van der Waals surface area contributed by atoms with Gasteiger partial charge in [0.05, 0.1) is 6.61 Å². The van der Waals surface area contributed by atoms with E-state index < -0.39 is 0 Å². The minimum atomic E-state index is 0.302. The largest absolute Gasteiger partial charge is 0.494 e. The van der Waals surface area contributed by atoms with E-state index in [1.54, 1.807) is 0 Å². The van der Waals surface area contributed by atoms with E-state index in [1.165, 1.54) is 43.5 Å². The number of rotatable bonds is 9. The Hall–Kier alpha value is -1.91. The highest BCUT2D eigenvalue weighted by molar-refractivity contribution is 5.29. The predicted octanol–water partition coefficient (Wildman–Crippen LogP) is 5.21. The molecule has 1 saturated heterocycles. The summed E-state index contributed by atoms with van der Waals surface area (Å²) in [4.78, 5) is 6.61. The van der Waals surface area contributed by atoms with Gasteiger partial charge in [-0.05, 0) is 74.7 Å². The zero-order chi connectivity index (χ0) is 20.0. The summed E-state index contributed by atoms with van der Waals surface area (Å²) < 4.78 is 5.91. The number of likely N-dealkylation sites (tertiary alicyclic amines) is 1. The van der Waals surface area contributed by atoms with Gasteiger partial charge in [0.2, 0.25) is 0 Å². The van der Waals surface area contributed by atoms with Crippen molar-refractivity contribution < 1.29 is 4.74 Å². The third-order valence-electron chi connectivity index (χ3n) is 5.08. The van der Waals surface area contributed by atoms with E-state index >= 15 is 0 Å². The van der Waals surface area contributed by atoms with Crippen LogP contribution in [0.4, 0.5) is 0 Å². The second-order valence-corrected chi connectivity index (χ2v) is 7.13. The monoisotopic (exact) mass is 383 g/mol. The summed E-state index contributed by atoms with van der Waals surface area (Å²) in [6.07, 6.45) is 8.88.